The van der Waals surface area contributed by atoms with Crippen LogP contribution in [-0.2, 0) is 21.2 Å². The number of hydrogen-bond acceptors (Lipinski definition) is 6. The molecule has 0 atom stereocenters. The maximum atomic E-state index is 12.3. The van der Waals surface area contributed by atoms with E-state index in [0.29, 0.717) is 16.9 Å². The lowest BCUT2D eigenvalue weighted by atomic mass is 10.2. The summed E-state index contributed by atoms with van der Waals surface area (Å²) in [4.78, 5) is 21.2. The number of hydrogen-bond donors (Lipinski definition) is 0. The Morgan fingerprint density at radius 3 is 2.28 bits per heavy atom. The molecule has 7 heteroatoms. The molecule has 0 saturated carbocycles. The minimum Gasteiger partial charge on any atom is -0.455 e. The third kappa shape index (κ3) is 3.66. The standard InChI is InChI=1S/C18H16N2O4S/c1-12-16(20-15-9-5-4-8-14(15)19-12)11-24-18(21)13-7-3-6-10-17(13)25(2,22)23/h3-10H,11H2,1-2H3. The highest BCUT2D eigenvalue weighted by molar-refractivity contribution is 7.90. The molecule has 6 nitrogen and oxygen atoms in total. The molecular formula is C18H16N2O4S. The second-order valence-corrected chi connectivity index (χ2v) is 7.57. The van der Waals surface area contributed by atoms with Crippen molar-refractivity contribution in [2.24, 2.45) is 0 Å². The molecule has 3 aromatic rings. The lowest BCUT2D eigenvalue weighted by molar-refractivity contribution is 0.0462. The Balaban J connectivity index is 1.85. The summed E-state index contributed by atoms with van der Waals surface area (Å²) < 4.78 is 28.9. The van der Waals surface area contributed by atoms with Crippen LogP contribution in [0, 0.1) is 6.92 Å². The first kappa shape index (κ1) is 17.0. The second kappa shape index (κ2) is 6.60. The number of benzene rings is 2. The fraction of sp³-hybridized carbons (Fsp3) is 0.167. The van der Waals surface area contributed by atoms with E-state index < -0.39 is 15.8 Å². The van der Waals surface area contributed by atoms with Crippen LogP contribution in [-0.4, -0.2) is 30.6 Å². The molecule has 0 aliphatic heterocycles. The van der Waals surface area contributed by atoms with E-state index in [-0.39, 0.29) is 17.1 Å². The van der Waals surface area contributed by atoms with Crippen molar-refractivity contribution in [3.8, 4) is 0 Å². The minimum atomic E-state index is -3.53. The van der Waals surface area contributed by atoms with Gasteiger partial charge in [-0.15, -0.1) is 0 Å². The Bertz CT molecular complexity index is 1060. The van der Waals surface area contributed by atoms with E-state index in [1.165, 1.54) is 12.1 Å². The highest BCUT2D eigenvalue weighted by Gasteiger charge is 2.19. The summed E-state index contributed by atoms with van der Waals surface area (Å²) in [5, 5.41) is 0. The number of para-hydroxylation sites is 2. The zero-order valence-electron chi connectivity index (χ0n) is 13.8. The maximum absolute atomic E-state index is 12.3. The van der Waals surface area contributed by atoms with Gasteiger partial charge in [0.15, 0.2) is 9.84 Å². The first-order chi connectivity index (χ1) is 11.9. The Kier molecular flexibility index (Phi) is 4.50. The van der Waals surface area contributed by atoms with E-state index in [2.05, 4.69) is 9.97 Å². The van der Waals surface area contributed by atoms with Gasteiger partial charge in [-0.2, -0.15) is 0 Å². The van der Waals surface area contributed by atoms with Crippen LogP contribution in [0.25, 0.3) is 11.0 Å². The molecule has 1 heterocycles. The number of nitrogens with zero attached hydrogens (tertiary/aromatic N) is 2. The summed E-state index contributed by atoms with van der Waals surface area (Å²) in [5.41, 5.74) is 2.66. The maximum Gasteiger partial charge on any atom is 0.339 e. The van der Waals surface area contributed by atoms with Crippen LogP contribution in [0.3, 0.4) is 0 Å². The molecule has 0 spiro atoms. The van der Waals surface area contributed by atoms with Crippen LogP contribution in [0.4, 0.5) is 0 Å². The van der Waals surface area contributed by atoms with Crippen LogP contribution >= 0.6 is 0 Å². The summed E-state index contributed by atoms with van der Waals surface area (Å²) in [7, 11) is -3.53. The van der Waals surface area contributed by atoms with Crippen molar-refractivity contribution in [3.63, 3.8) is 0 Å². The van der Waals surface area contributed by atoms with Crippen molar-refractivity contribution >= 4 is 26.8 Å². The summed E-state index contributed by atoms with van der Waals surface area (Å²) in [6.07, 6.45) is 1.05. The van der Waals surface area contributed by atoms with Crippen LogP contribution in [0.5, 0.6) is 0 Å². The molecule has 2 aromatic carbocycles. The molecule has 0 N–H and O–H groups in total. The van der Waals surface area contributed by atoms with Crippen molar-refractivity contribution in [3.05, 3.63) is 65.5 Å². The van der Waals surface area contributed by atoms with Gasteiger partial charge in [0.05, 0.1) is 32.9 Å². The molecule has 0 aliphatic rings. The molecule has 0 fully saturated rings. The monoisotopic (exact) mass is 356 g/mol. The van der Waals surface area contributed by atoms with E-state index in [1.807, 2.05) is 24.3 Å². The SMILES string of the molecule is Cc1nc2ccccc2nc1COC(=O)c1ccccc1S(C)(=O)=O. The second-order valence-electron chi connectivity index (χ2n) is 5.59. The number of aryl methyl sites for hydroxylation is 1. The van der Waals surface area contributed by atoms with Crippen molar-refractivity contribution in [2.75, 3.05) is 6.26 Å². The van der Waals surface area contributed by atoms with Gasteiger partial charge >= 0.3 is 5.97 Å². The van der Waals surface area contributed by atoms with E-state index >= 15 is 0 Å². The Morgan fingerprint density at radius 1 is 1.00 bits per heavy atom. The zero-order valence-corrected chi connectivity index (χ0v) is 14.6. The molecular weight excluding hydrogens is 340 g/mol. The third-order valence-electron chi connectivity index (χ3n) is 3.69. The predicted octanol–water partition coefficient (Wildman–Crippen LogP) is 2.70. The Morgan fingerprint density at radius 2 is 1.60 bits per heavy atom. The Labute approximate surface area is 145 Å². The average molecular weight is 356 g/mol. The molecule has 0 saturated heterocycles. The summed E-state index contributed by atoms with van der Waals surface area (Å²) in [6.45, 7) is 1.70. The lowest BCUT2D eigenvalue weighted by Gasteiger charge is -2.10. The van der Waals surface area contributed by atoms with Crippen molar-refractivity contribution in [2.45, 2.75) is 18.4 Å². The number of esters is 1. The number of fused-ring (bicyclic) bond motifs is 1. The molecule has 1 aromatic heterocycles. The summed E-state index contributed by atoms with van der Waals surface area (Å²) in [5.74, 6) is -0.713. The van der Waals surface area contributed by atoms with Gasteiger partial charge in [-0.3, -0.25) is 0 Å². The molecule has 0 bridgehead atoms. The lowest BCUT2D eigenvalue weighted by Crippen LogP contribution is -2.12. The van der Waals surface area contributed by atoms with E-state index in [0.717, 1.165) is 11.8 Å². The fourth-order valence-corrected chi connectivity index (χ4v) is 3.31. The average Bonchev–Trinajstić information content (AvgIpc) is 2.59. The first-order valence-electron chi connectivity index (χ1n) is 7.55. The quantitative estimate of drug-likeness (QED) is 0.668. The van der Waals surface area contributed by atoms with Gasteiger partial charge in [0.25, 0.3) is 0 Å². The van der Waals surface area contributed by atoms with Crippen LogP contribution in [0.1, 0.15) is 21.7 Å². The van der Waals surface area contributed by atoms with E-state index in [1.54, 1.807) is 19.1 Å². The minimum absolute atomic E-state index is 0.0106. The number of sulfone groups is 1. The molecule has 3 rings (SSSR count). The third-order valence-corrected chi connectivity index (χ3v) is 4.84. The number of ether oxygens (including phenoxy) is 1. The summed E-state index contributed by atoms with van der Waals surface area (Å²) >= 11 is 0. The smallest absolute Gasteiger partial charge is 0.339 e. The Hall–Kier alpha value is -2.80. The molecule has 0 unspecified atom stereocenters. The van der Waals surface area contributed by atoms with Crippen LogP contribution in [0.2, 0.25) is 0 Å². The molecule has 0 radical (unpaired) electrons. The van der Waals surface area contributed by atoms with E-state index in [9.17, 15) is 13.2 Å². The van der Waals surface area contributed by atoms with Gasteiger partial charge in [-0.05, 0) is 31.2 Å². The van der Waals surface area contributed by atoms with Crippen molar-refractivity contribution < 1.29 is 17.9 Å². The predicted molar refractivity (Wildman–Crippen MR) is 92.9 cm³/mol. The highest BCUT2D eigenvalue weighted by Crippen LogP contribution is 2.18. The highest BCUT2D eigenvalue weighted by atomic mass is 32.2. The van der Waals surface area contributed by atoms with Gasteiger partial charge in [-0.1, -0.05) is 24.3 Å². The van der Waals surface area contributed by atoms with Crippen LogP contribution < -0.4 is 0 Å². The zero-order chi connectivity index (χ0) is 18.0. The topological polar surface area (TPSA) is 86.2 Å². The van der Waals surface area contributed by atoms with Gasteiger partial charge in [-0.25, -0.2) is 23.2 Å². The number of aromatic nitrogens is 2. The number of rotatable bonds is 4. The van der Waals surface area contributed by atoms with Gasteiger partial charge in [0, 0.05) is 6.26 Å². The van der Waals surface area contributed by atoms with Crippen molar-refractivity contribution in [1.29, 1.82) is 0 Å². The largest absolute Gasteiger partial charge is 0.455 e. The summed E-state index contributed by atoms with van der Waals surface area (Å²) in [6, 6.07) is 13.4. The fourth-order valence-electron chi connectivity index (χ4n) is 2.43. The first-order valence-corrected chi connectivity index (χ1v) is 9.44. The normalized spacial score (nSPS) is 11.4. The molecule has 0 aliphatic carbocycles. The van der Waals surface area contributed by atoms with Gasteiger partial charge < -0.3 is 4.74 Å². The number of carbonyl (C=O) groups is 1. The molecule has 0 amide bonds. The van der Waals surface area contributed by atoms with Crippen LogP contribution in [0.15, 0.2) is 53.4 Å². The van der Waals surface area contributed by atoms with Gasteiger partial charge in [0.1, 0.15) is 6.61 Å². The van der Waals surface area contributed by atoms with E-state index in [4.69, 9.17) is 4.74 Å². The van der Waals surface area contributed by atoms with Gasteiger partial charge in [0.2, 0.25) is 0 Å². The molecule has 25 heavy (non-hydrogen) atoms. The number of carbonyl (C=O) groups excluding carboxylic acids is 1. The van der Waals surface area contributed by atoms with Crippen molar-refractivity contribution in [1.82, 2.24) is 9.97 Å². The molecule has 128 valence electrons.